The smallest absolute Gasteiger partial charge is 0.245 e. The fourth-order valence-corrected chi connectivity index (χ4v) is 3.16. The molecule has 29 heavy (non-hydrogen) atoms. The summed E-state index contributed by atoms with van der Waals surface area (Å²) in [6, 6.07) is 5.42. The molecule has 9 heteroatoms. The van der Waals surface area contributed by atoms with Crippen LogP contribution in [0.2, 0.25) is 0 Å². The molecule has 0 unspecified atom stereocenters. The zero-order chi connectivity index (χ0) is 20.2. The first-order chi connectivity index (χ1) is 14.2. The van der Waals surface area contributed by atoms with E-state index in [0.29, 0.717) is 23.0 Å². The highest BCUT2D eigenvalue weighted by Gasteiger charge is 2.15. The van der Waals surface area contributed by atoms with Crippen LogP contribution in [0.25, 0.3) is 29.1 Å². The predicted molar refractivity (Wildman–Crippen MR) is 112 cm³/mol. The second-order valence-corrected chi connectivity index (χ2v) is 6.69. The first kappa shape index (κ1) is 18.8. The largest absolute Gasteiger partial charge is 0.507 e. The van der Waals surface area contributed by atoms with E-state index < -0.39 is 0 Å². The van der Waals surface area contributed by atoms with Crippen molar-refractivity contribution < 1.29 is 5.11 Å². The third-order valence-electron chi connectivity index (χ3n) is 4.78. The Bertz CT molecular complexity index is 1030. The Labute approximate surface area is 168 Å². The minimum Gasteiger partial charge on any atom is -0.507 e. The molecule has 0 radical (unpaired) electrons. The quantitative estimate of drug-likeness (QED) is 0.681. The van der Waals surface area contributed by atoms with E-state index >= 15 is 0 Å². The topological polar surface area (TPSA) is 105 Å². The summed E-state index contributed by atoms with van der Waals surface area (Å²) in [4.78, 5) is 10.6. The summed E-state index contributed by atoms with van der Waals surface area (Å²) in [5.74, 6) is 1.37. The number of anilines is 1. The lowest BCUT2D eigenvalue weighted by Gasteiger charge is -2.26. The molecule has 0 atom stereocenters. The van der Waals surface area contributed by atoms with Crippen molar-refractivity contribution in [1.29, 1.82) is 0 Å². The van der Waals surface area contributed by atoms with Crippen LogP contribution >= 0.6 is 0 Å². The van der Waals surface area contributed by atoms with Crippen LogP contribution in [0.5, 0.6) is 5.75 Å². The summed E-state index contributed by atoms with van der Waals surface area (Å²) in [6.45, 7) is 9.18. The Balaban J connectivity index is 1.56. The summed E-state index contributed by atoms with van der Waals surface area (Å²) in [5, 5.41) is 26.5. The van der Waals surface area contributed by atoms with E-state index in [9.17, 15) is 5.11 Å². The SMILES string of the molecule is C=Cc1ncnn1/C=C(\C)c1ccc(-c2cnc(N3CCNCC3)nn2)c(O)c1. The molecule has 0 spiro atoms. The van der Waals surface area contributed by atoms with E-state index in [-0.39, 0.29) is 5.75 Å². The number of aromatic hydroxyl groups is 1. The van der Waals surface area contributed by atoms with Gasteiger partial charge in [-0.05, 0) is 36.3 Å². The first-order valence-corrected chi connectivity index (χ1v) is 9.35. The number of hydrogen-bond donors (Lipinski definition) is 2. The van der Waals surface area contributed by atoms with Crippen molar-refractivity contribution in [3.63, 3.8) is 0 Å². The first-order valence-electron chi connectivity index (χ1n) is 9.35. The molecule has 4 rings (SSSR count). The molecule has 1 fully saturated rings. The van der Waals surface area contributed by atoms with Gasteiger partial charge in [-0.3, -0.25) is 0 Å². The van der Waals surface area contributed by atoms with Crippen molar-refractivity contribution >= 4 is 23.8 Å². The predicted octanol–water partition coefficient (Wildman–Crippen LogP) is 1.91. The Morgan fingerprint density at radius 3 is 2.72 bits per heavy atom. The summed E-state index contributed by atoms with van der Waals surface area (Å²) in [7, 11) is 0. The second kappa shape index (κ2) is 8.19. The van der Waals surface area contributed by atoms with Gasteiger partial charge in [0.05, 0.1) is 6.20 Å². The number of benzene rings is 1. The van der Waals surface area contributed by atoms with Gasteiger partial charge in [0, 0.05) is 37.9 Å². The normalized spacial score (nSPS) is 14.8. The molecule has 1 aliphatic heterocycles. The Morgan fingerprint density at radius 2 is 2.03 bits per heavy atom. The summed E-state index contributed by atoms with van der Waals surface area (Å²) in [6.07, 6.45) is 6.58. The molecule has 3 heterocycles. The average Bonchev–Trinajstić information content (AvgIpc) is 3.21. The zero-order valence-corrected chi connectivity index (χ0v) is 16.2. The van der Waals surface area contributed by atoms with Crippen LogP contribution in [0.1, 0.15) is 18.3 Å². The van der Waals surface area contributed by atoms with Crippen molar-refractivity contribution in [2.75, 3.05) is 31.1 Å². The van der Waals surface area contributed by atoms with Crippen LogP contribution in [0.15, 0.2) is 37.3 Å². The van der Waals surface area contributed by atoms with Gasteiger partial charge in [0.1, 0.15) is 17.8 Å². The maximum Gasteiger partial charge on any atom is 0.245 e. The number of piperazine rings is 1. The van der Waals surface area contributed by atoms with Gasteiger partial charge in [0.25, 0.3) is 0 Å². The number of phenols is 1. The number of nitrogens with zero attached hydrogens (tertiary/aromatic N) is 7. The van der Waals surface area contributed by atoms with Gasteiger partial charge in [-0.2, -0.15) is 5.10 Å². The molecule has 148 valence electrons. The summed E-state index contributed by atoms with van der Waals surface area (Å²) < 4.78 is 1.64. The fourth-order valence-electron chi connectivity index (χ4n) is 3.16. The second-order valence-electron chi connectivity index (χ2n) is 6.69. The molecule has 2 aromatic heterocycles. The van der Waals surface area contributed by atoms with Crippen LogP contribution in [0, 0.1) is 0 Å². The fraction of sp³-hybridized carbons (Fsp3) is 0.250. The van der Waals surface area contributed by atoms with Crippen LogP contribution in [0.3, 0.4) is 0 Å². The molecule has 0 amide bonds. The summed E-state index contributed by atoms with van der Waals surface area (Å²) in [5.41, 5.74) is 2.88. The maximum absolute atomic E-state index is 10.5. The number of nitrogens with one attached hydrogen (secondary N) is 1. The van der Waals surface area contributed by atoms with Gasteiger partial charge in [-0.25, -0.2) is 14.6 Å². The Kier molecular flexibility index (Phi) is 5.30. The van der Waals surface area contributed by atoms with Crippen molar-refractivity contribution in [3.05, 3.63) is 48.7 Å². The van der Waals surface area contributed by atoms with Gasteiger partial charge in [-0.1, -0.05) is 12.6 Å². The van der Waals surface area contributed by atoms with E-state index in [1.54, 1.807) is 23.0 Å². The average molecular weight is 390 g/mol. The molecule has 3 aromatic rings. The molecule has 0 bridgehead atoms. The van der Waals surface area contributed by atoms with Crippen LogP contribution in [-0.2, 0) is 0 Å². The molecule has 1 aromatic carbocycles. The zero-order valence-electron chi connectivity index (χ0n) is 16.2. The molecule has 0 aliphatic carbocycles. The summed E-state index contributed by atoms with van der Waals surface area (Å²) >= 11 is 0. The van der Waals surface area contributed by atoms with E-state index in [4.69, 9.17) is 0 Å². The van der Waals surface area contributed by atoms with E-state index in [2.05, 4.69) is 42.1 Å². The third kappa shape index (κ3) is 3.99. The van der Waals surface area contributed by atoms with Crippen molar-refractivity contribution in [2.24, 2.45) is 0 Å². The van der Waals surface area contributed by atoms with Gasteiger partial charge >= 0.3 is 0 Å². The van der Waals surface area contributed by atoms with Crippen LogP contribution in [0.4, 0.5) is 5.95 Å². The molecule has 0 saturated carbocycles. The lowest BCUT2D eigenvalue weighted by molar-refractivity contribution is 0.477. The molecule has 9 nitrogen and oxygen atoms in total. The number of aromatic nitrogens is 6. The standard InChI is InChI=1S/C20H22N8O/c1-3-19-23-13-24-28(19)12-14(2)15-4-5-16(18(29)10-15)17-11-22-20(26-25-17)27-8-6-21-7-9-27/h3-5,10-13,21,29H,1,6-9H2,2H3/b14-12+. The van der Waals surface area contributed by atoms with Crippen molar-refractivity contribution in [3.8, 4) is 17.0 Å². The van der Waals surface area contributed by atoms with Gasteiger partial charge in [0.15, 0.2) is 5.82 Å². The van der Waals surface area contributed by atoms with E-state index in [0.717, 1.165) is 37.3 Å². The van der Waals surface area contributed by atoms with Crippen LogP contribution in [-0.4, -0.2) is 61.2 Å². The van der Waals surface area contributed by atoms with Gasteiger partial charge in [-0.15, -0.1) is 10.2 Å². The molecule has 1 saturated heterocycles. The monoisotopic (exact) mass is 390 g/mol. The van der Waals surface area contributed by atoms with E-state index in [1.165, 1.54) is 6.33 Å². The Morgan fingerprint density at radius 1 is 1.21 bits per heavy atom. The number of hydrogen-bond acceptors (Lipinski definition) is 8. The highest BCUT2D eigenvalue weighted by atomic mass is 16.3. The number of phenolic OH excluding ortho intramolecular Hbond substituents is 1. The number of rotatable bonds is 5. The maximum atomic E-state index is 10.5. The molecule has 2 N–H and O–H groups in total. The lowest BCUT2D eigenvalue weighted by Crippen LogP contribution is -2.44. The Hall–Kier alpha value is -3.59. The van der Waals surface area contributed by atoms with Crippen LogP contribution < -0.4 is 10.2 Å². The molecular formula is C20H22N8O. The van der Waals surface area contributed by atoms with Gasteiger partial charge < -0.3 is 15.3 Å². The highest BCUT2D eigenvalue weighted by molar-refractivity contribution is 5.78. The molecular weight excluding hydrogens is 368 g/mol. The minimum atomic E-state index is 0.115. The highest BCUT2D eigenvalue weighted by Crippen LogP contribution is 2.30. The number of allylic oxidation sites excluding steroid dienone is 1. The van der Waals surface area contributed by atoms with Crippen molar-refractivity contribution in [1.82, 2.24) is 35.3 Å². The lowest BCUT2D eigenvalue weighted by atomic mass is 10.0. The van der Waals surface area contributed by atoms with Gasteiger partial charge in [0.2, 0.25) is 5.95 Å². The minimum absolute atomic E-state index is 0.115. The van der Waals surface area contributed by atoms with Crippen molar-refractivity contribution in [2.45, 2.75) is 6.92 Å². The molecule has 1 aliphatic rings. The third-order valence-corrected chi connectivity index (χ3v) is 4.78. The van der Waals surface area contributed by atoms with E-state index in [1.807, 2.05) is 25.3 Å².